The molecule has 0 saturated carbocycles. The number of ether oxygens (including phenoxy) is 1. The molecule has 0 heterocycles. The second-order valence-electron chi connectivity index (χ2n) is 11.2. The Morgan fingerprint density at radius 1 is 0.787 bits per heavy atom. The van der Waals surface area contributed by atoms with E-state index in [1.54, 1.807) is 23.1 Å². The molecule has 246 valence electrons. The van der Waals surface area contributed by atoms with E-state index < -0.39 is 12.1 Å². The fourth-order valence-electron chi connectivity index (χ4n) is 4.76. The summed E-state index contributed by atoms with van der Waals surface area (Å²) in [7, 11) is 3.89. The van der Waals surface area contributed by atoms with Gasteiger partial charge in [0, 0.05) is 36.2 Å². The Bertz CT molecular complexity index is 1660. The van der Waals surface area contributed by atoms with Crippen molar-refractivity contribution in [2.75, 3.05) is 33.7 Å². The van der Waals surface area contributed by atoms with Crippen molar-refractivity contribution in [1.29, 1.82) is 0 Å². The summed E-state index contributed by atoms with van der Waals surface area (Å²) in [6, 6.07) is 28.4. The summed E-state index contributed by atoms with van der Waals surface area (Å²) in [6.07, 6.45) is -4.47. The zero-order valence-corrected chi connectivity index (χ0v) is 27.6. The number of carbonyl (C=O) groups is 3. The van der Waals surface area contributed by atoms with Crippen molar-refractivity contribution in [2.24, 2.45) is 0 Å². The summed E-state index contributed by atoms with van der Waals surface area (Å²) in [6.45, 7) is 1.92. The summed E-state index contributed by atoms with van der Waals surface area (Å²) < 4.78 is 42.9. The minimum Gasteiger partial charge on any atom is -0.420 e. The molecular formula is C36H35BrF3N3O4. The molecule has 0 atom stereocenters. The number of carbonyl (C=O) groups excluding carboxylic acids is 3. The van der Waals surface area contributed by atoms with Gasteiger partial charge < -0.3 is 19.9 Å². The van der Waals surface area contributed by atoms with Gasteiger partial charge in [-0.15, -0.1) is 0 Å². The fourth-order valence-corrected chi connectivity index (χ4v) is 5.03. The van der Waals surface area contributed by atoms with Crippen LogP contribution in [0.1, 0.15) is 27.0 Å². The third-order valence-electron chi connectivity index (χ3n) is 7.31. The molecule has 4 rings (SSSR count). The third-order valence-corrected chi connectivity index (χ3v) is 7.84. The minimum atomic E-state index is -5.09. The Hall–Kier alpha value is -4.48. The zero-order chi connectivity index (χ0) is 34.0. The normalized spacial score (nSPS) is 11.3. The lowest BCUT2D eigenvalue weighted by molar-refractivity contribution is -0.189. The SMILES string of the molecule is CN(C)CCNC(=O)c1ccccc1-c1ccc(CN(CCc2ccc(OC(=O)C(F)(F)F)cc2)C(=O)Cc2ccc(Br)cc2)cc1. The predicted molar refractivity (Wildman–Crippen MR) is 178 cm³/mol. The molecule has 0 aliphatic heterocycles. The maximum Gasteiger partial charge on any atom is 0.491 e. The van der Waals surface area contributed by atoms with Gasteiger partial charge in [-0.25, -0.2) is 4.79 Å². The highest BCUT2D eigenvalue weighted by molar-refractivity contribution is 9.10. The van der Waals surface area contributed by atoms with Crippen LogP contribution in [0.3, 0.4) is 0 Å². The first-order chi connectivity index (χ1) is 22.4. The van der Waals surface area contributed by atoms with E-state index >= 15 is 0 Å². The number of halogens is 4. The molecule has 0 unspecified atom stereocenters. The molecule has 0 fully saturated rings. The van der Waals surface area contributed by atoms with Gasteiger partial charge in [-0.05, 0) is 78.7 Å². The number of alkyl halides is 3. The average Bonchev–Trinajstić information content (AvgIpc) is 3.04. The summed E-state index contributed by atoms with van der Waals surface area (Å²) in [5.74, 6) is -2.74. The Kier molecular flexibility index (Phi) is 12.3. The number of nitrogens with one attached hydrogen (secondary N) is 1. The maximum absolute atomic E-state index is 13.5. The van der Waals surface area contributed by atoms with E-state index in [0.29, 0.717) is 31.6 Å². The fraction of sp³-hybridized carbons (Fsp3) is 0.250. The summed E-state index contributed by atoms with van der Waals surface area (Å²) >= 11 is 3.41. The Morgan fingerprint density at radius 3 is 2.04 bits per heavy atom. The van der Waals surface area contributed by atoms with Crippen LogP contribution in [-0.4, -0.2) is 67.5 Å². The molecular weight excluding hydrogens is 675 g/mol. The molecule has 1 N–H and O–H groups in total. The van der Waals surface area contributed by atoms with Crippen LogP contribution in [0, 0.1) is 0 Å². The van der Waals surface area contributed by atoms with Crippen molar-refractivity contribution in [2.45, 2.75) is 25.6 Å². The molecule has 0 aliphatic rings. The molecule has 0 spiro atoms. The van der Waals surface area contributed by atoms with Crippen LogP contribution in [0.25, 0.3) is 11.1 Å². The number of hydrogen-bond acceptors (Lipinski definition) is 5. The van der Waals surface area contributed by atoms with Gasteiger partial charge in [0.15, 0.2) is 0 Å². The van der Waals surface area contributed by atoms with E-state index in [9.17, 15) is 27.6 Å². The predicted octanol–water partition coefficient (Wildman–Crippen LogP) is 6.69. The van der Waals surface area contributed by atoms with E-state index in [-0.39, 0.29) is 24.0 Å². The van der Waals surface area contributed by atoms with Crippen LogP contribution in [0.15, 0.2) is 102 Å². The first-order valence-corrected chi connectivity index (χ1v) is 15.7. The number of hydrogen-bond donors (Lipinski definition) is 1. The number of benzene rings is 4. The van der Waals surface area contributed by atoms with Crippen molar-refractivity contribution < 1.29 is 32.3 Å². The second-order valence-corrected chi connectivity index (χ2v) is 12.1. The van der Waals surface area contributed by atoms with Gasteiger partial charge in [0.05, 0.1) is 6.42 Å². The lowest BCUT2D eigenvalue weighted by Crippen LogP contribution is -2.33. The molecule has 0 radical (unpaired) electrons. The summed E-state index contributed by atoms with van der Waals surface area (Å²) in [5, 5.41) is 2.96. The number of esters is 1. The molecule has 7 nitrogen and oxygen atoms in total. The van der Waals surface area contributed by atoms with E-state index in [1.807, 2.05) is 85.7 Å². The van der Waals surface area contributed by atoms with Crippen LogP contribution in [0.4, 0.5) is 13.2 Å². The highest BCUT2D eigenvalue weighted by Crippen LogP contribution is 2.25. The van der Waals surface area contributed by atoms with Gasteiger partial charge in [0.1, 0.15) is 5.75 Å². The highest BCUT2D eigenvalue weighted by Gasteiger charge is 2.41. The molecule has 0 bridgehead atoms. The van der Waals surface area contributed by atoms with Crippen molar-refractivity contribution in [3.63, 3.8) is 0 Å². The van der Waals surface area contributed by atoms with Crippen molar-refractivity contribution in [3.8, 4) is 16.9 Å². The van der Waals surface area contributed by atoms with Crippen molar-refractivity contribution in [1.82, 2.24) is 15.1 Å². The van der Waals surface area contributed by atoms with Crippen molar-refractivity contribution in [3.05, 3.63) is 124 Å². The number of rotatable bonds is 13. The van der Waals surface area contributed by atoms with Gasteiger partial charge in [0.25, 0.3) is 5.91 Å². The van der Waals surface area contributed by atoms with Crippen LogP contribution in [0.5, 0.6) is 5.75 Å². The van der Waals surface area contributed by atoms with Gasteiger partial charge in [0.2, 0.25) is 5.91 Å². The largest absolute Gasteiger partial charge is 0.491 e. The second kappa shape index (κ2) is 16.4. The van der Waals surface area contributed by atoms with Crippen LogP contribution in [0.2, 0.25) is 0 Å². The highest BCUT2D eigenvalue weighted by atomic mass is 79.9. The maximum atomic E-state index is 13.5. The monoisotopic (exact) mass is 709 g/mol. The smallest absolute Gasteiger partial charge is 0.420 e. The quantitative estimate of drug-likeness (QED) is 0.124. The Morgan fingerprint density at radius 2 is 1.40 bits per heavy atom. The lowest BCUT2D eigenvalue weighted by atomic mass is 9.98. The van der Waals surface area contributed by atoms with E-state index in [2.05, 4.69) is 26.0 Å². The van der Waals surface area contributed by atoms with Gasteiger partial charge in [-0.2, -0.15) is 13.2 Å². The van der Waals surface area contributed by atoms with Gasteiger partial charge in [-0.3, -0.25) is 9.59 Å². The molecule has 4 aromatic rings. The molecule has 0 aliphatic carbocycles. The number of likely N-dealkylation sites (N-methyl/N-ethyl adjacent to an activating group) is 1. The number of nitrogens with zero attached hydrogens (tertiary/aromatic N) is 2. The Labute approximate surface area is 280 Å². The average molecular weight is 711 g/mol. The molecule has 2 amide bonds. The third kappa shape index (κ3) is 10.8. The van der Waals surface area contributed by atoms with Gasteiger partial charge in [-0.1, -0.05) is 82.7 Å². The van der Waals surface area contributed by atoms with E-state index in [0.717, 1.165) is 38.8 Å². The molecule has 0 aromatic heterocycles. The lowest BCUT2D eigenvalue weighted by Gasteiger charge is -2.23. The van der Waals surface area contributed by atoms with E-state index in [4.69, 9.17) is 0 Å². The van der Waals surface area contributed by atoms with Crippen LogP contribution >= 0.6 is 15.9 Å². The molecule has 11 heteroatoms. The van der Waals surface area contributed by atoms with Crippen LogP contribution in [-0.2, 0) is 29.0 Å². The topological polar surface area (TPSA) is 79.0 Å². The van der Waals surface area contributed by atoms with Gasteiger partial charge >= 0.3 is 12.1 Å². The Balaban J connectivity index is 1.48. The molecule has 0 saturated heterocycles. The first kappa shape index (κ1) is 35.4. The minimum absolute atomic E-state index is 0.0909. The first-order valence-electron chi connectivity index (χ1n) is 14.9. The summed E-state index contributed by atoms with van der Waals surface area (Å²) in [5.41, 5.74) is 4.74. The molecule has 4 aromatic carbocycles. The zero-order valence-electron chi connectivity index (χ0n) is 26.0. The van der Waals surface area contributed by atoms with E-state index in [1.165, 1.54) is 12.1 Å². The van der Waals surface area contributed by atoms with Crippen LogP contribution < -0.4 is 10.1 Å². The molecule has 47 heavy (non-hydrogen) atoms. The number of amides is 2. The summed E-state index contributed by atoms with van der Waals surface area (Å²) in [4.78, 5) is 41.3. The standard InChI is InChI=1S/C36H35BrF3N3O4/c1-42(2)22-20-41-34(45)32-6-4-3-5-31(32)28-13-7-27(8-14-28)24-43(33(44)23-26-9-15-29(37)16-10-26)21-19-25-11-17-30(18-12-25)47-35(46)36(38,39)40/h3-18H,19-24H2,1-2H3,(H,41,45). The van der Waals surface area contributed by atoms with Crippen molar-refractivity contribution >= 4 is 33.7 Å².